The molecule has 0 saturated carbocycles. The summed E-state index contributed by atoms with van der Waals surface area (Å²) in [5.74, 6) is 0. The molecule has 0 aliphatic carbocycles. The number of benzene rings is 1. The zero-order chi connectivity index (χ0) is 10.7. The molecule has 0 fully saturated rings. The van der Waals surface area contributed by atoms with Crippen LogP contribution in [0.4, 0.5) is 4.79 Å². The predicted molar refractivity (Wildman–Crippen MR) is 53.7 cm³/mol. The van der Waals surface area contributed by atoms with Gasteiger partial charge in [0.15, 0.2) is 0 Å². The predicted octanol–water partition coefficient (Wildman–Crippen LogP) is 2.10. The fraction of sp³-hybridized carbons (Fsp3) is 0.200. The average Bonchev–Trinajstić information content (AvgIpc) is 2.59. The Hall–Kier alpha value is -2.04. The maximum absolute atomic E-state index is 11.0. The third kappa shape index (κ3) is 2.07. The fourth-order valence-electron chi connectivity index (χ4n) is 1.20. The molecule has 1 heterocycles. The number of carbonyl (C=O) groups excluding carboxylic acids is 1. The second kappa shape index (κ2) is 4.00. The van der Waals surface area contributed by atoms with Crippen molar-refractivity contribution in [3.8, 4) is 6.01 Å². The van der Waals surface area contributed by atoms with Crippen LogP contribution in [-0.4, -0.2) is 22.7 Å². The molecule has 0 amide bonds. The Balaban J connectivity index is 2.18. The first kappa shape index (κ1) is 9.51. The number of nitrogens with one attached hydrogen (secondary N) is 1. The van der Waals surface area contributed by atoms with E-state index in [1.807, 2.05) is 24.3 Å². The Kier molecular flexibility index (Phi) is 2.53. The van der Waals surface area contributed by atoms with E-state index in [1.165, 1.54) is 0 Å². The molecule has 2 aromatic rings. The molecule has 0 aliphatic heterocycles. The Morgan fingerprint density at radius 2 is 2.27 bits per heavy atom. The molecule has 0 unspecified atom stereocenters. The lowest BCUT2D eigenvalue weighted by Crippen LogP contribution is -2.10. The lowest BCUT2D eigenvalue weighted by Gasteiger charge is -1.98. The summed E-state index contributed by atoms with van der Waals surface area (Å²) in [5, 5.41) is 0. The highest BCUT2D eigenvalue weighted by Gasteiger charge is 2.08. The van der Waals surface area contributed by atoms with Crippen LogP contribution in [0.3, 0.4) is 0 Å². The van der Waals surface area contributed by atoms with Crippen molar-refractivity contribution in [2.24, 2.45) is 0 Å². The van der Waals surface area contributed by atoms with Crippen molar-refractivity contribution in [3.05, 3.63) is 24.3 Å². The van der Waals surface area contributed by atoms with E-state index >= 15 is 0 Å². The SMILES string of the molecule is CCOC(=O)Oc1nc2ccccc2[nH]1. The van der Waals surface area contributed by atoms with Crippen molar-refractivity contribution < 1.29 is 14.3 Å². The number of fused-ring (bicyclic) bond motifs is 1. The van der Waals surface area contributed by atoms with Crippen LogP contribution in [0.15, 0.2) is 24.3 Å². The highest BCUT2D eigenvalue weighted by atomic mass is 16.7. The minimum absolute atomic E-state index is 0.148. The topological polar surface area (TPSA) is 64.2 Å². The second-order valence-corrected chi connectivity index (χ2v) is 2.84. The van der Waals surface area contributed by atoms with E-state index < -0.39 is 6.16 Å². The minimum Gasteiger partial charge on any atom is -0.434 e. The standard InChI is InChI=1S/C10H10N2O3/c1-2-14-10(13)15-9-11-7-5-3-4-6-8(7)12-9/h3-6H,2H2,1H3,(H,11,12). The molecule has 78 valence electrons. The molecule has 0 atom stereocenters. The van der Waals surface area contributed by atoms with Crippen LogP contribution in [0.2, 0.25) is 0 Å². The summed E-state index contributed by atoms with van der Waals surface area (Å²) >= 11 is 0. The van der Waals surface area contributed by atoms with Crippen LogP contribution < -0.4 is 4.74 Å². The van der Waals surface area contributed by atoms with Gasteiger partial charge in [-0.15, -0.1) is 0 Å². The van der Waals surface area contributed by atoms with Crippen LogP contribution >= 0.6 is 0 Å². The van der Waals surface area contributed by atoms with Crippen LogP contribution in [-0.2, 0) is 4.74 Å². The Morgan fingerprint density at radius 3 is 3.00 bits per heavy atom. The van der Waals surface area contributed by atoms with Gasteiger partial charge in [-0.05, 0) is 19.1 Å². The summed E-state index contributed by atoms with van der Waals surface area (Å²) in [7, 11) is 0. The Morgan fingerprint density at radius 1 is 1.47 bits per heavy atom. The maximum atomic E-state index is 11.0. The van der Waals surface area contributed by atoms with Gasteiger partial charge in [0.25, 0.3) is 0 Å². The summed E-state index contributed by atoms with van der Waals surface area (Å²) in [6, 6.07) is 7.55. The highest BCUT2D eigenvalue weighted by molar-refractivity contribution is 5.76. The van der Waals surface area contributed by atoms with E-state index in [4.69, 9.17) is 4.74 Å². The van der Waals surface area contributed by atoms with Crippen molar-refractivity contribution in [2.75, 3.05) is 6.61 Å². The Bertz CT molecular complexity index is 445. The molecule has 0 aliphatic rings. The van der Waals surface area contributed by atoms with E-state index in [0.717, 1.165) is 11.0 Å². The van der Waals surface area contributed by atoms with Gasteiger partial charge in [0.05, 0.1) is 17.6 Å². The molecule has 1 aromatic heterocycles. The zero-order valence-electron chi connectivity index (χ0n) is 8.19. The Labute approximate surface area is 86.0 Å². The van der Waals surface area contributed by atoms with Gasteiger partial charge in [0, 0.05) is 0 Å². The summed E-state index contributed by atoms with van der Waals surface area (Å²) in [4.78, 5) is 17.9. The molecule has 0 radical (unpaired) electrons. The van der Waals surface area contributed by atoms with E-state index in [0.29, 0.717) is 0 Å². The summed E-state index contributed by atoms with van der Waals surface area (Å²) < 4.78 is 9.43. The van der Waals surface area contributed by atoms with Crippen molar-refractivity contribution in [1.29, 1.82) is 0 Å². The number of para-hydroxylation sites is 2. The van der Waals surface area contributed by atoms with Gasteiger partial charge in [-0.2, -0.15) is 4.98 Å². The van der Waals surface area contributed by atoms with Gasteiger partial charge < -0.3 is 14.5 Å². The number of rotatable bonds is 2. The number of aromatic amines is 1. The van der Waals surface area contributed by atoms with Gasteiger partial charge in [0.2, 0.25) is 0 Å². The molecular weight excluding hydrogens is 196 g/mol. The summed E-state index contributed by atoms with van der Waals surface area (Å²) in [5.41, 5.74) is 1.56. The normalized spacial score (nSPS) is 10.2. The van der Waals surface area contributed by atoms with Crippen LogP contribution in [0.1, 0.15) is 6.92 Å². The van der Waals surface area contributed by atoms with Crippen molar-refractivity contribution in [3.63, 3.8) is 0 Å². The molecule has 0 saturated heterocycles. The molecule has 5 heteroatoms. The monoisotopic (exact) mass is 206 g/mol. The first-order valence-corrected chi connectivity index (χ1v) is 4.59. The highest BCUT2D eigenvalue weighted by Crippen LogP contribution is 2.15. The lowest BCUT2D eigenvalue weighted by molar-refractivity contribution is 0.101. The number of aromatic nitrogens is 2. The molecule has 1 N–H and O–H groups in total. The lowest BCUT2D eigenvalue weighted by atomic mass is 10.3. The van der Waals surface area contributed by atoms with Gasteiger partial charge >= 0.3 is 12.2 Å². The second-order valence-electron chi connectivity index (χ2n) is 2.84. The van der Waals surface area contributed by atoms with Crippen LogP contribution in [0.5, 0.6) is 6.01 Å². The van der Waals surface area contributed by atoms with Gasteiger partial charge in [-0.3, -0.25) is 0 Å². The quantitative estimate of drug-likeness (QED) is 0.764. The molecular formula is C10H10N2O3. The maximum Gasteiger partial charge on any atom is 0.516 e. The molecule has 5 nitrogen and oxygen atoms in total. The van der Waals surface area contributed by atoms with Crippen molar-refractivity contribution >= 4 is 17.2 Å². The van der Waals surface area contributed by atoms with Crippen molar-refractivity contribution in [1.82, 2.24) is 9.97 Å². The minimum atomic E-state index is -0.753. The first-order chi connectivity index (χ1) is 7.29. The van der Waals surface area contributed by atoms with Crippen molar-refractivity contribution in [2.45, 2.75) is 6.92 Å². The van der Waals surface area contributed by atoms with Crippen LogP contribution in [0.25, 0.3) is 11.0 Å². The summed E-state index contributed by atoms with van der Waals surface area (Å²) in [6.07, 6.45) is -0.753. The number of nitrogens with zero attached hydrogens (tertiary/aromatic N) is 1. The smallest absolute Gasteiger partial charge is 0.434 e. The number of ether oxygens (including phenoxy) is 2. The van der Waals surface area contributed by atoms with E-state index in [-0.39, 0.29) is 12.6 Å². The van der Waals surface area contributed by atoms with E-state index in [1.54, 1.807) is 6.92 Å². The summed E-state index contributed by atoms with van der Waals surface area (Å²) in [6.45, 7) is 1.99. The third-order valence-electron chi connectivity index (χ3n) is 1.81. The van der Waals surface area contributed by atoms with Gasteiger partial charge in [0.1, 0.15) is 0 Å². The van der Waals surface area contributed by atoms with E-state index in [2.05, 4.69) is 14.7 Å². The third-order valence-corrected chi connectivity index (χ3v) is 1.81. The molecule has 0 spiro atoms. The molecule has 0 bridgehead atoms. The first-order valence-electron chi connectivity index (χ1n) is 4.59. The molecule has 1 aromatic carbocycles. The fourth-order valence-corrected chi connectivity index (χ4v) is 1.20. The number of imidazole rings is 1. The van der Waals surface area contributed by atoms with Crippen LogP contribution in [0, 0.1) is 0 Å². The van der Waals surface area contributed by atoms with E-state index in [9.17, 15) is 4.79 Å². The number of H-pyrrole nitrogens is 1. The molecule has 2 rings (SSSR count). The molecule has 15 heavy (non-hydrogen) atoms. The number of hydrogen-bond acceptors (Lipinski definition) is 4. The largest absolute Gasteiger partial charge is 0.516 e. The number of carbonyl (C=O) groups is 1. The van der Waals surface area contributed by atoms with Gasteiger partial charge in [-0.1, -0.05) is 12.1 Å². The number of hydrogen-bond donors (Lipinski definition) is 1. The zero-order valence-corrected chi connectivity index (χ0v) is 8.19. The van der Waals surface area contributed by atoms with Gasteiger partial charge in [-0.25, -0.2) is 4.79 Å². The average molecular weight is 206 g/mol.